The van der Waals surface area contributed by atoms with Crippen LogP contribution in [-0.2, 0) is 33.3 Å². The van der Waals surface area contributed by atoms with Gasteiger partial charge in [-0.3, -0.25) is 19.4 Å². The molecular formula is C60H105N3O17. The lowest BCUT2D eigenvalue weighted by Gasteiger charge is -2.44. The van der Waals surface area contributed by atoms with Gasteiger partial charge in [0.05, 0.1) is 67.0 Å². The van der Waals surface area contributed by atoms with Crippen LogP contribution in [0.15, 0.2) is 53.6 Å². The number of carbonyl (C=O) groups is 3. The molecule has 0 spiro atoms. The molecule has 2 bridgehead atoms. The number of nitrogens with zero attached hydrogens (tertiary/aromatic N) is 1. The summed E-state index contributed by atoms with van der Waals surface area (Å²) in [5, 5.41) is 113. The van der Waals surface area contributed by atoms with Crippen molar-refractivity contribution in [2.75, 3.05) is 20.7 Å². The molecule has 1 saturated heterocycles. The van der Waals surface area contributed by atoms with Crippen LogP contribution in [0.5, 0.6) is 0 Å². The van der Waals surface area contributed by atoms with E-state index in [-0.39, 0.29) is 63.2 Å². The molecule has 20 heteroatoms. The second-order valence-electron chi connectivity index (χ2n) is 23.5. The predicted octanol–water partition coefficient (Wildman–Crippen LogP) is 4.99. The summed E-state index contributed by atoms with van der Waals surface area (Å²) in [4.78, 5) is 41.9. The minimum atomic E-state index is -1.51. The minimum absolute atomic E-state index is 0.0241. The SMILES string of the molecule is CN=C(N)NCCC/C=C/CCCC(C)CC(C)C1OC(=O)C(C)C(O)/C=C/C(C)C(O)CC(O)C(C)C(O)CCC(C)C(O)CC2(OC)CC(O)CC(CC(OC(=O)CC(=O)O)CC(O)CC(O)C(C)C(O)/C=C/C=C/C1C)O2. The molecule has 2 rings (SSSR count). The lowest BCUT2D eigenvalue weighted by atomic mass is 9.84. The maximum absolute atomic E-state index is 13.9. The number of hydrogen-bond acceptors (Lipinski definition) is 17. The Bertz CT molecular complexity index is 1940. The van der Waals surface area contributed by atoms with E-state index in [1.165, 1.54) is 19.3 Å². The number of methoxy groups -OCH3 is 1. The Labute approximate surface area is 476 Å². The fourth-order valence-corrected chi connectivity index (χ4v) is 10.6. The average molecular weight is 1140 g/mol. The number of hydrogen-bond donors (Lipinski definition) is 12. The molecule has 462 valence electrons. The van der Waals surface area contributed by atoms with Crippen molar-refractivity contribution in [2.24, 2.45) is 58.1 Å². The highest BCUT2D eigenvalue weighted by molar-refractivity contribution is 5.90. The number of aliphatic carboxylic acids is 1. The van der Waals surface area contributed by atoms with Crippen molar-refractivity contribution < 1.29 is 84.4 Å². The fourth-order valence-electron chi connectivity index (χ4n) is 10.6. The molecule has 21 atom stereocenters. The molecule has 0 aromatic heterocycles. The van der Waals surface area contributed by atoms with Gasteiger partial charge in [-0.05, 0) is 82.5 Å². The van der Waals surface area contributed by atoms with Crippen molar-refractivity contribution in [3.8, 4) is 0 Å². The number of unbranched alkanes of at least 4 members (excludes halogenated alkanes) is 2. The van der Waals surface area contributed by atoms with Gasteiger partial charge in [0.25, 0.3) is 0 Å². The van der Waals surface area contributed by atoms with Crippen LogP contribution >= 0.6 is 0 Å². The largest absolute Gasteiger partial charge is 0.481 e. The molecule has 0 aromatic rings. The lowest BCUT2D eigenvalue weighted by Crippen LogP contribution is -2.51. The average Bonchev–Trinajstić information content (AvgIpc) is 3.39. The van der Waals surface area contributed by atoms with E-state index in [2.05, 4.69) is 29.4 Å². The van der Waals surface area contributed by atoms with Crippen molar-refractivity contribution in [1.29, 1.82) is 0 Å². The number of rotatable bonds is 15. The second kappa shape index (κ2) is 37.4. The van der Waals surface area contributed by atoms with Gasteiger partial charge in [0.2, 0.25) is 0 Å². The van der Waals surface area contributed by atoms with Gasteiger partial charge < -0.3 is 81.1 Å². The van der Waals surface area contributed by atoms with Gasteiger partial charge in [-0.15, -0.1) is 0 Å². The Morgan fingerprint density at radius 1 is 0.762 bits per heavy atom. The number of esters is 2. The summed E-state index contributed by atoms with van der Waals surface area (Å²) in [7, 11) is 3.00. The van der Waals surface area contributed by atoms with E-state index in [1.807, 2.05) is 19.9 Å². The Kier molecular flexibility index (Phi) is 33.8. The van der Waals surface area contributed by atoms with Crippen molar-refractivity contribution in [3.63, 3.8) is 0 Å². The molecule has 0 radical (unpaired) electrons. The van der Waals surface area contributed by atoms with E-state index in [0.29, 0.717) is 18.3 Å². The smallest absolute Gasteiger partial charge is 0.317 e. The zero-order valence-electron chi connectivity index (χ0n) is 49.5. The summed E-state index contributed by atoms with van der Waals surface area (Å²) in [6.45, 7) is 15.2. The molecular weight excluding hydrogens is 1030 g/mol. The highest BCUT2D eigenvalue weighted by Gasteiger charge is 2.45. The number of allylic oxidation sites excluding steroid dienone is 4. The first-order valence-electron chi connectivity index (χ1n) is 29.2. The zero-order chi connectivity index (χ0) is 60.3. The number of cyclic esters (lactones) is 1. The number of nitrogens with one attached hydrogen (secondary N) is 1. The van der Waals surface area contributed by atoms with Crippen LogP contribution in [-0.4, -0.2) is 175 Å². The number of carbonyl (C=O) groups excluding carboxylic acids is 2. The summed E-state index contributed by atoms with van der Waals surface area (Å²) in [5.41, 5.74) is 5.69. The van der Waals surface area contributed by atoms with Crippen LogP contribution in [0, 0.1) is 47.3 Å². The molecule has 13 N–H and O–H groups in total. The summed E-state index contributed by atoms with van der Waals surface area (Å²) in [6.07, 6.45) is 5.35. The summed E-state index contributed by atoms with van der Waals surface area (Å²) >= 11 is 0. The van der Waals surface area contributed by atoms with E-state index in [0.717, 1.165) is 45.1 Å². The third-order valence-corrected chi connectivity index (χ3v) is 16.3. The normalized spacial score (nSPS) is 38.0. The van der Waals surface area contributed by atoms with E-state index in [1.54, 1.807) is 59.9 Å². The molecule has 2 aliphatic heterocycles. The van der Waals surface area contributed by atoms with Gasteiger partial charge >= 0.3 is 17.9 Å². The highest BCUT2D eigenvalue weighted by atomic mass is 16.7. The van der Waals surface area contributed by atoms with Crippen molar-refractivity contribution in [3.05, 3.63) is 48.6 Å². The number of ether oxygens (including phenoxy) is 4. The first-order valence-corrected chi connectivity index (χ1v) is 29.2. The zero-order valence-corrected chi connectivity index (χ0v) is 49.5. The molecule has 80 heavy (non-hydrogen) atoms. The first-order chi connectivity index (χ1) is 37.6. The number of aliphatic hydroxyl groups excluding tert-OH is 9. The molecule has 2 heterocycles. The molecule has 1 fully saturated rings. The second-order valence-corrected chi connectivity index (χ2v) is 23.5. The van der Waals surface area contributed by atoms with Gasteiger partial charge in [0.1, 0.15) is 18.6 Å². The van der Waals surface area contributed by atoms with Gasteiger partial charge in [-0.25, -0.2) is 0 Å². The van der Waals surface area contributed by atoms with Crippen molar-refractivity contribution >= 4 is 23.9 Å². The number of nitrogens with two attached hydrogens (primary N) is 1. The standard InChI is InChI=1S/C60H105N3O17/c1-36(19-15-13-11-12-14-18-26-63-59(61)62-9)27-40(5)57-39(4)20-16-17-21-48(66)41(6)52(70)30-44(64)28-46(78-56(75)33-55(73)74)31-47-29-45(65)34-60(77-10,80-47)35-54(72)38(3)23-24-49(67)42(7)53(71)32-51(69)37(2)22-25-50(68)43(8)58(76)79-57/h11-12,16-17,20-22,25,36-54,57,64-72H,13-15,18-19,23-24,26-35H2,1-10H3,(H,73,74)(H3,61,62,63)/b12-11+,20-16+,21-17+,25-22+. The van der Waals surface area contributed by atoms with Gasteiger partial charge in [0, 0.05) is 76.5 Å². The fraction of sp³-hybridized carbons (Fsp3) is 0.800. The molecule has 2 aliphatic rings. The molecule has 0 aliphatic carbocycles. The molecule has 0 saturated carbocycles. The van der Waals surface area contributed by atoms with Crippen LogP contribution in [0.4, 0.5) is 0 Å². The Morgan fingerprint density at radius 2 is 1.41 bits per heavy atom. The number of carboxylic acids is 1. The van der Waals surface area contributed by atoms with Gasteiger partial charge in [-0.2, -0.15) is 0 Å². The third kappa shape index (κ3) is 27.1. The number of guanidine groups is 1. The predicted molar refractivity (Wildman–Crippen MR) is 305 cm³/mol. The van der Waals surface area contributed by atoms with E-state index in [4.69, 9.17) is 24.7 Å². The monoisotopic (exact) mass is 1140 g/mol. The summed E-state index contributed by atoms with van der Waals surface area (Å²) in [5.74, 6) is -7.81. The van der Waals surface area contributed by atoms with Crippen molar-refractivity contribution in [2.45, 2.75) is 237 Å². The third-order valence-electron chi connectivity index (χ3n) is 16.3. The Hall–Kier alpha value is -3.80. The Balaban J connectivity index is 2.43. The molecule has 21 unspecified atom stereocenters. The number of carboxylic acid groups (broad SMARTS) is 1. The highest BCUT2D eigenvalue weighted by Crippen LogP contribution is 2.38. The van der Waals surface area contributed by atoms with Crippen LogP contribution in [0.1, 0.15) is 158 Å². The topological polar surface area (TPSA) is 341 Å². The number of fused-ring (bicyclic) bond motifs is 2. The van der Waals surface area contributed by atoms with Crippen LogP contribution in [0.2, 0.25) is 0 Å². The molecule has 0 aromatic carbocycles. The van der Waals surface area contributed by atoms with Crippen molar-refractivity contribution in [1.82, 2.24) is 5.32 Å². The minimum Gasteiger partial charge on any atom is -0.481 e. The van der Waals surface area contributed by atoms with E-state index >= 15 is 0 Å². The Morgan fingerprint density at radius 3 is 2.06 bits per heavy atom. The van der Waals surface area contributed by atoms with Gasteiger partial charge in [-0.1, -0.05) is 103 Å². The first kappa shape index (κ1) is 72.3. The maximum atomic E-state index is 13.9. The lowest BCUT2D eigenvalue weighted by molar-refractivity contribution is -0.300. The van der Waals surface area contributed by atoms with Gasteiger partial charge in [0.15, 0.2) is 11.7 Å². The number of aliphatic hydroxyl groups is 9. The quantitative estimate of drug-likeness (QED) is 0.0257. The molecule has 0 amide bonds. The summed E-state index contributed by atoms with van der Waals surface area (Å²) in [6, 6.07) is 0. The van der Waals surface area contributed by atoms with Crippen LogP contribution in [0.25, 0.3) is 0 Å². The van der Waals surface area contributed by atoms with Crippen LogP contribution in [0.3, 0.4) is 0 Å². The summed E-state index contributed by atoms with van der Waals surface area (Å²) < 4.78 is 24.0. The van der Waals surface area contributed by atoms with E-state index in [9.17, 15) is 65.4 Å². The maximum Gasteiger partial charge on any atom is 0.317 e. The van der Waals surface area contributed by atoms with Crippen LogP contribution < -0.4 is 11.1 Å². The number of aliphatic imine (C=N–C) groups is 1. The van der Waals surface area contributed by atoms with E-state index < -0.39 is 133 Å². The molecule has 20 nitrogen and oxygen atoms in total.